The second-order valence-electron chi connectivity index (χ2n) is 6.34. The van der Waals surface area contributed by atoms with Crippen LogP contribution >= 0.6 is 0 Å². The van der Waals surface area contributed by atoms with E-state index in [1.54, 1.807) is 42.5 Å². The third-order valence-corrected chi connectivity index (χ3v) is 4.47. The normalized spacial score (nSPS) is 12.6. The van der Waals surface area contributed by atoms with E-state index in [-0.39, 0.29) is 22.9 Å². The first-order valence-electron chi connectivity index (χ1n) is 8.60. The van der Waals surface area contributed by atoms with Crippen molar-refractivity contribution in [2.45, 2.75) is 0 Å². The summed E-state index contributed by atoms with van der Waals surface area (Å²) in [6, 6.07) is 17.1. The Morgan fingerprint density at radius 1 is 0.786 bits per heavy atom. The number of benzene rings is 3. The van der Waals surface area contributed by atoms with Crippen LogP contribution in [0.3, 0.4) is 0 Å². The Bertz CT molecular complexity index is 1160. The quantitative estimate of drug-likeness (QED) is 0.548. The summed E-state index contributed by atoms with van der Waals surface area (Å²) < 4.78 is 13.2. The van der Waals surface area contributed by atoms with Gasteiger partial charge in [-0.2, -0.15) is 0 Å². The van der Waals surface area contributed by atoms with Crippen LogP contribution in [0.5, 0.6) is 0 Å². The Morgan fingerprint density at radius 3 is 2.18 bits per heavy atom. The molecule has 28 heavy (non-hydrogen) atoms. The second kappa shape index (κ2) is 7.04. The summed E-state index contributed by atoms with van der Waals surface area (Å²) in [5, 5.41) is 2.65. The number of amides is 1. The Balaban J connectivity index is 1.57. The minimum Gasteiger partial charge on any atom is -0.322 e. The maximum absolute atomic E-state index is 13.2. The van der Waals surface area contributed by atoms with Gasteiger partial charge in [0.15, 0.2) is 11.6 Å². The van der Waals surface area contributed by atoms with Crippen LogP contribution in [0, 0.1) is 5.82 Å². The molecule has 0 atom stereocenters. The van der Waals surface area contributed by atoms with E-state index in [0.717, 1.165) is 0 Å². The lowest BCUT2D eigenvalue weighted by molar-refractivity contribution is -0.111. The van der Waals surface area contributed by atoms with Crippen molar-refractivity contribution in [1.82, 2.24) is 0 Å². The monoisotopic (exact) mass is 371 g/mol. The fourth-order valence-electron chi connectivity index (χ4n) is 3.14. The number of ketones is 2. The largest absolute Gasteiger partial charge is 0.322 e. The minimum atomic E-state index is -0.431. The maximum Gasteiger partial charge on any atom is 0.248 e. The third-order valence-electron chi connectivity index (χ3n) is 4.47. The summed E-state index contributed by atoms with van der Waals surface area (Å²) in [4.78, 5) is 37.5. The molecule has 1 aliphatic carbocycles. The van der Waals surface area contributed by atoms with Gasteiger partial charge in [-0.05, 0) is 42.0 Å². The van der Waals surface area contributed by atoms with Gasteiger partial charge in [-0.15, -0.1) is 0 Å². The van der Waals surface area contributed by atoms with Crippen molar-refractivity contribution in [3.05, 3.63) is 106 Å². The van der Waals surface area contributed by atoms with E-state index in [4.69, 9.17) is 0 Å². The molecule has 4 rings (SSSR count). The van der Waals surface area contributed by atoms with Crippen LogP contribution in [0.25, 0.3) is 6.08 Å². The molecular weight excluding hydrogens is 357 g/mol. The smallest absolute Gasteiger partial charge is 0.248 e. The zero-order valence-corrected chi connectivity index (χ0v) is 14.6. The van der Waals surface area contributed by atoms with E-state index in [0.29, 0.717) is 27.9 Å². The zero-order valence-electron chi connectivity index (χ0n) is 14.6. The topological polar surface area (TPSA) is 63.2 Å². The molecule has 0 heterocycles. The van der Waals surface area contributed by atoms with E-state index >= 15 is 0 Å². The molecule has 1 N–H and O–H groups in total. The lowest BCUT2D eigenvalue weighted by Crippen LogP contribution is -2.21. The van der Waals surface area contributed by atoms with Gasteiger partial charge < -0.3 is 5.32 Å². The first-order chi connectivity index (χ1) is 13.5. The second-order valence-corrected chi connectivity index (χ2v) is 6.34. The van der Waals surface area contributed by atoms with Crippen LogP contribution in [-0.4, -0.2) is 17.5 Å². The number of halogens is 1. The fourth-order valence-corrected chi connectivity index (χ4v) is 3.14. The molecule has 0 aromatic heterocycles. The Labute approximate surface area is 160 Å². The van der Waals surface area contributed by atoms with Crippen molar-refractivity contribution in [2.24, 2.45) is 0 Å². The highest BCUT2D eigenvalue weighted by Gasteiger charge is 2.29. The number of carbonyl (C=O) groups is 3. The van der Waals surface area contributed by atoms with E-state index in [9.17, 15) is 18.8 Å². The molecule has 0 unspecified atom stereocenters. The van der Waals surface area contributed by atoms with Gasteiger partial charge in [-0.25, -0.2) is 4.39 Å². The SMILES string of the molecule is O=C(/C=C/c1cccc(F)c1)Nc1ccc2c(c1)C(=O)c1ccccc1C2=O. The highest BCUT2D eigenvalue weighted by molar-refractivity contribution is 6.28. The lowest BCUT2D eigenvalue weighted by atomic mass is 9.84. The van der Waals surface area contributed by atoms with Crippen LogP contribution in [-0.2, 0) is 4.79 Å². The summed E-state index contributed by atoms with van der Waals surface area (Å²) in [6.45, 7) is 0. The summed E-state index contributed by atoms with van der Waals surface area (Å²) in [7, 11) is 0. The van der Waals surface area contributed by atoms with Gasteiger partial charge in [0.25, 0.3) is 0 Å². The number of fused-ring (bicyclic) bond motifs is 2. The molecule has 4 nitrogen and oxygen atoms in total. The molecule has 0 fully saturated rings. The molecule has 136 valence electrons. The van der Waals surface area contributed by atoms with Gasteiger partial charge in [-0.3, -0.25) is 14.4 Å². The van der Waals surface area contributed by atoms with E-state index < -0.39 is 5.91 Å². The van der Waals surface area contributed by atoms with Crippen molar-refractivity contribution in [3.63, 3.8) is 0 Å². The third kappa shape index (κ3) is 3.25. The average Bonchev–Trinajstić information content (AvgIpc) is 2.70. The number of hydrogen-bond acceptors (Lipinski definition) is 3. The van der Waals surface area contributed by atoms with Gasteiger partial charge in [0, 0.05) is 34.0 Å². The van der Waals surface area contributed by atoms with E-state index in [1.807, 2.05) is 0 Å². The Morgan fingerprint density at radius 2 is 1.46 bits per heavy atom. The van der Waals surface area contributed by atoms with Gasteiger partial charge >= 0.3 is 0 Å². The van der Waals surface area contributed by atoms with Crippen molar-refractivity contribution in [3.8, 4) is 0 Å². The van der Waals surface area contributed by atoms with Crippen molar-refractivity contribution in [1.29, 1.82) is 0 Å². The number of nitrogens with one attached hydrogen (secondary N) is 1. The molecule has 0 aliphatic heterocycles. The molecule has 3 aromatic rings. The molecule has 3 aromatic carbocycles. The minimum absolute atomic E-state index is 0.214. The molecule has 1 amide bonds. The van der Waals surface area contributed by atoms with Crippen LogP contribution in [0.2, 0.25) is 0 Å². The Kier molecular flexibility index (Phi) is 4.41. The predicted molar refractivity (Wildman–Crippen MR) is 104 cm³/mol. The molecular formula is C23H14FNO3. The zero-order chi connectivity index (χ0) is 19.7. The van der Waals surface area contributed by atoms with Gasteiger partial charge in [0.2, 0.25) is 5.91 Å². The summed E-state index contributed by atoms with van der Waals surface area (Å²) in [5.41, 5.74) is 2.27. The molecule has 0 saturated carbocycles. The van der Waals surface area contributed by atoms with Crippen LogP contribution < -0.4 is 5.32 Å². The molecule has 5 heteroatoms. The van der Waals surface area contributed by atoms with E-state index in [2.05, 4.69) is 5.32 Å². The van der Waals surface area contributed by atoms with E-state index in [1.165, 1.54) is 36.4 Å². The van der Waals surface area contributed by atoms with Gasteiger partial charge in [-0.1, -0.05) is 36.4 Å². The van der Waals surface area contributed by atoms with Crippen LogP contribution in [0.1, 0.15) is 37.4 Å². The highest BCUT2D eigenvalue weighted by atomic mass is 19.1. The predicted octanol–water partition coefficient (Wildman–Crippen LogP) is 4.25. The fraction of sp³-hybridized carbons (Fsp3) is 0. The number of rotatable bonds is 3. The van der Waals surface area contributed by atoms with Crippen molar-refractivity contribution >= 4 is 29.2 Å². The van der Waals surface area contributed by atoms with Crippen molar-refractivity contribution in [2.75, 3.05) is 5.32 Å². The highest BCUT2D eigenvalue weighted by Crippen LogP contribution is 2.29. The number of hydrogen-bond donors (Lipinski definition) is 1. The van der Waals surface area contributed by atoms with Gasteiger partial charge in [0.1, 0.15) is 5.82 Å². The molecule has 0 bridgehead atoms. The van der Waals surface area contributed by atoms with Crippen molar-refractivity contribution < 1.29 is 18.8 Å². The number of anilines is 1. The molecule has 0 spiro atoms. The number of carbonyl (C=O) groups excluding carboxylic acids is 3. The van der Waals surface area contributed by atoms with Gasteiger partial charge in [0.05, 0.1) is 0 Å². The van der Waals surface area contributed by atoms with Crippen LogP contribution in [0.4, 0.5) is 10.1 Å². The summed E-state index contributed by atoms with van der Waals surface area (Å²) in [6.07, 6.45) is 2.76. The molecule has 0 saturated heterocycles. The Hall–Kier alpha value is -3.86. The molecule has 1 aliphatic rings. The lowest BCUT2D eigenvalue weighted by Gasteiger charge is -2.18. The first-order valence-corrected chi connectivity index (χ1v) is 8.60. The molecule has 0 radical (unpaired) electrons. The van der Waals surface area contributed by atoms with Crippen LogP contribution in [0.15, 0.2) is 72.8 Å². The average molecular weight is 371 g/mol. The maximum atomic E-state index is 13.2. The standard InChI is InChI=1S/C23H14FNO3/c24-15-5-3-4-14(12-15)8-11-21(26)25-16-9-10-19-20(13-16)23(28)18-7-2-1-6-17(18)22(19)27/h1-13H,(H,25,26)/b11-8+. The summed E-state index contributed by atoms with van der Waals surface area (Å²) >= 11 is 0. The first kappa shape index (κ1) is 17.5. The summed E-state index contributed by atoms with van der Waals surface area (Å²) in [5.74, 6) is -1.29.